The molecule has 2 aliphatic rings. The zero-order valence-electron chi connectivity index (χ0n) is 13.7. The van der Waals surface area contributed by atoms with Crippen LogP contribution in [0.5, 0.6) is 0 Å². The van der Waals surface area contributed by atoms with Gasteiger partial charge in [-0.2, -0.15) is 0 Å². The summed E-state index contributed by atoms with van der Waals surface area (Å²) in [5, 5.41) is 9.77. The van der Waals surface area contributed by atoms with E-state index >= 15 is 0 Å². The Bertz CT molecular complexity index is 713. The second-order valence-corrected chi connectivity index (χ2v) is 6.89. The van der Waals surface area contributed by atoms with Gasteiger partial charge in [0.2, 0.25) is 0 Å². The molecule has 5 heteroatoms. The summed E-state index contributed by atoms with van der Waals surface area (Å²) < 4.78 is 1.90. The molecule has 3 heterocycles. The molecule has 4 rings (SSSR count). The predicted molar refractivity (Wildman–Crippen MR) is 91.0 cm³/mol. The molecule has 1 saturated carbocycles. The Kier molecular flexibility index (Phi) is 4.10. The van der Waals surface area contributed by atoms with Gasteiger partial charge >= 0.3 is 0 Å². The van der Waals surface area contributed by atoms with Crippen molar-refractivity contribution in [2.45, 2.75) is 44.2 Å². The van der Waals surface area contributed by atoms with Crippen LogP contribution in [0.4, 0.5) is 0 Å². The fourth-order valence-corrected chi connectivity index (χ4v) is 4.37. The first-order chi connectivity index (χ1) is 11.8. The van der Waals surface area contributed by atoms with E-state index in [-0.39, 0.29) is 24.6 Å². The van der Waals surface area contributed by atoms with E-state index in [2.05, 4.69) is 4.98 Å². The number of fused-ring (bicyclic) bond motifs is 1. The largest absolute Gasteiger partial charge is 0.394 e. The number of aromatic nitrogens is 2. The predicted octanol–water partition coefficient (Wildman–Crippen LogP) is 2.64. The molecule has 0 radical (unpaired) electrons. The summed E-state index contributed by atoms with van der Waals surface area (Å²) in [6, 6.07) is 7.73. The first kappa shape index (κ1) is 15.4. The van der Waals surface area contributed by atoms with E-state index in [1.54, 1.807) is 12.3 Å². The van der Waals surface area contributed by atoms with Crippen LogP contribution in [-0.2, 0) is 0 Å². The Morgan fingerprint density at radius 1 is 1.25 bits per heavy atom. The van der Waals surface area contributed by atoms with Crippen LogP contribution in [0.3, 0.4) is 0 Å². The molecule has 0 aromatic carbocycles. The minimum Gasteiger partial charge on any atom is -0.394 e. The van der Waals surface area contributed by atoms with Crippen LogP contribution in [0.2, 0.25) is 0 Å². The molecule has 3 atom stereocenters. The monoisotopic (exact) mass is 325 g/mol. The Labute approximate surface area is 141 Å². The molecule has 2 aromatic rings. The Balaban J connectivity index is 1.64. The van der Waals surface area contributed by atoms with Gasteiger partial charge in [-0.25, -0.2) is 4.98 Å². The maximum atomic E-state index is 13.2. The molecular formula is C19H23N3O2. The van der Waals surface area contributed by atoms with Crippen molar-refractivity contribution in [2.75, 3.05) is 6.61 Å². The Morgan fingerprint density at radius 2 is 2.04 bits per heavy atom. The lowest BCUT2D eigenvalue weighted by Crippen LogP contribution is -2.44. The molecule has 2 fully saturated rings. The highest BCUT2D eigenvalue weighted by molar-refractivity contribution is 5.95. The average Bonchev–Trinajstić information content (AvgIpc) is 3.28. The fraction of sp³-hybridized carbons (Fsp3) is 0.474. The van der Waals surface area contributed by atoms with Crippen molar-refractivity contribution in [3.63, 3.8) is 0 Å². The van der Waals surface area contributed by atoms with Crippen molar-refractivity contribution in [3.8, 4) is 5.82 Å². The zero-order valence-corrected chi connectivity index (χ0v) is 13.7. The second-order valence-electron chi connectivity index (χ2n) is 6.89. The number of aliphatic hydroxyl groups is 1. The third-order valence-corrected chi connectivity index (χ3v) is 5.50. The van der Waals surface area contributed by atoms with Gasteiger partial charge in [-0.1, -0.05) is 12.8 Å². The summed E-state index contributed by atoms with van der Waals surface area (Å²) in [4.78, 5) is 19.5. The van der Waals surface area contributed by atoms with Crippen molar-refractivity contribution < 1.29 is 9.90 Å². The first-order valence-electron chi connectivity index (χ1n) is 8.81. The second kappa shape index (κ2) is 6.40. The highest BCUT2D eigenvalue weighted by atomic mass is 16.3. The number of hydrogen-bond donors (Lipinski definition) is 1. The van der Waals surface area contributed by atoms with Crippen LogP contribution in [0.1, 0.15) is 42.5 Å². The molecule has 126 valence electrons. The standard InChI is InChI=1S/C19H23N3O2/c23-13-16-11-14-5-1-2-6-17(14)22(16)19(24)15-7-8-20-18(12-15)21-9-3-4-10-21/h3-4,7-10,12,14,16-17,23H,1-2,5-6,11,13H2/t14-,16-,17-/m0/s1. The van der Waals surface area contributed by atoms with Gasteiger partial charge in [0.1, 0.15) is 5.82 Å². The number of pyridine rings is 1. The highest BCUT2D eigenvalue weighted by Gasteiger charge is 2.44. The molecule has 0 bridgehead atoms. The maximum Gasteiger partial charge on any atom is 0.254 e. The number of aliphatic hydroxyl groups excluding tert-OH is 1. The SMILES string of the molecule is O=C(c1ccnc(-n2cccc2)c1)N1[C@H](CO)C[C@@H]2CCCC[C@@H]21. The number of rotatable bonds is 3. The summed E-state index contributed by atoms with van der Waals surface area (Å²) in [5.74, 6) is 1.32. The lowest BCUT2D eigenvalue weighted by atomic mass is 9.84. The van der Waals surface area contributed by atoms with E-state index in [0.717, 1.165) is 18.7 Å². The van der Waals surface area contributed by atoms with E-state index in [9.17, 15) is 9.90 Å². The molecular weight excluding hydrogens is 302 g/mol. The lowest BCUT2D eigenvalue weighted by molar-refractivity contribution is 0.0553. The number of hydrogen-bond acceptors (Lipinski definition) is 3. The number of carbonyl (C=O) groups is 1. The molecule has 0 unspecified atom stereocenters. The van der Waals surface area contributed by atoms with Crippen molar-refractivity contribution in [1.82, 2.24) is 14.5 Å². The van der Waals surface area contributed by atoms with E-state index < -0.39 is 0 Å². The molecule has 1 amide bonds. The summed E-state index contributed by atoms with van der Waals surface area (Å²) >= 11 is 0. The lowest BCUT2D eigenvalue weighted by Gasteiger charge is -2.33. The average molecular weight is 325 g/mol. The highest BCUT2D eigenvalue weighted by Crippen LogP contribution is 2.40. The fourth-order valence-electron chi connectivity index (χ4n) is 4.37. The summed E-state index contributed by atoms with van der Waals surface area (Å²) in [7, 11) is 0. The minimum absolute atomic E-state index is 0.0271. The van der Waals surface area contributed by atoms with Crippen molar-refractivity contribution in [1.29, 1.82) is 0 Å². The van der Waals surface area contributed by atoms with E-state index in [1.165, 1.54) is 19.3 Å². The van der Waals surface area contributed by atoms with Crippen molar-refractivity contribution in [2.24, 2.45) is 5.92 Å². The quantitative estimate of drug-likeness (QED) is 0.944. The van der Waals surface area contributed by atoms with Gasteiger partial charge in [0, 0.05) is 30.2 Å². The topological polar surface area (TPSA) is 58.4 Å². The third kappa shape index (κ3) is 2.63. The Hall–Kier alpha value is -2.14. The van der Waals surface area contributed by atoms with Crippen LogP contribution >= 0.6 is 0 Å². The van der Waals surface area contributed by atoms with Crippen molar-refractivity contribution in [3.05, 3.63) is 48.4 Å². The zero-order chi connectivity index (χ0) is 16.5. The normalized spacial score (nSPS) is 26.4. The van der Waals surface area contributed by atoms with E-state index in [0.29, 0.717) is 11.5 Å². The molecule has 1 aliphatic heterocycles. The van der Waals surface area contributed by atoms with Crippen LogP contribution < -0.4 is 0 Å². The number of amides is 1. The number of likely N-dealkylation sites (tertiary alicyclic amines) is 1. The van der Waals surface area contributed by atoms with E-state index in [1.807, 2.05) is 40.1 Å². The molecule has 1 aliphatic carbocycles. The van der Waals surface area contributed by atoms with Gasteiger partial charge < -0.3 is 14.6 Å². The molecule has 24 heavy (non-hydrogen) atoms. The van der Waals surface area contributed by atoms with Gasteiger partial charge in [0.05, 0.1) is 12.6 Å². The van der Waals surface area contributed by atoms with Crippen LogP contribution in [0.25, 0.3) is 5.82 Å². The first-order valence-corrected chi connectivity index (χ1v) is 8.81. The number of nitrogens with zero attached hydrogens (tertiary/aromatic N) is 3. The summed E-state index contributed by atoms with van der Waals surface area (Å²) in [6.07, 6.45) is 11.1. The van der Waals surface area contributed by atoms with Crippen molar-refractivity contribution >= 4 is 5.91 Å². The summed E-state index contributed by atoms with van der Waals surface area (Å²) in [6.45, 7) is 0.0499. The van der Waals surface area contributed by atoms with Gasteiger partial charge in [-0.05, 0) is 49.4 Å². The van der Waals surface area contributed by atoms with Gasteiger partial charge in [-0.3, -0.25) is 4.79 Å². The smallest absolute Gasteiger partial charge is 0.254 e. The molecule has 1 N–H and O–H groups in total. The van der Waals surface area contributed by atoms with Gasteiger partial charge in [0.15, 0.2) is 0 Å². The summed E-state index contributed by atoms with van der Waals surface area (Å²) in [5.41, 5.74) is 0.651. The molecule has 2 aromatic heterocycles. The molecule has 1 saturated heterocycles. The van der Waals surface area contributed by atoms with Crippen LogP contribution in [0.15, 0.2) is 42.9 Å². The maximum absolute atomic E-state index is 13.2. The minimum atomic E-state index is -0.0474. The van der Waals surface area contributed by atoms with Crippen LogP contribution in [0, 0.1) is 5.92 Å². The van der Waals surface area contributed by atoms with Crippen LogP contribution in [-0.4, -0.2) is 44.2 Å². The van der Waals surface area contributed by atoms with Gasteiger partial charge in [0.25, 0.3) is 5.91 Å². The number of carbonyl (C=O) groups excluding carboxylic acids is 1. The molecule has 5 nitrogen and oxygen atoms in total. The Morgan fingerprint density at radius 3 is 2.83 bits per heavy atom. The van der Waals surface area contributed by atoms with Gasteiger partial charge in [-0.15, -0.1) is 0 Å². The van der Waals surface area contributed by atoms with E-state index in [4.69, 9.17) is 0 Å². The molecule has 0 spiro atoms. The third-order valence-electron chi connectivity index (χ3n) is 5.50.